The van der Waals surface area contributed by atoms with Crippen LogP contribution in [0.2, 0.25) is 0 Å². The zero-order valence-corrected chi connectivity index (χ0v) is 19.3. The van der Waals surface area contributed by atoms with Crippen molar-refractivity contribution in [2.45, 2.75) is 69.3 Å². The Balaban J connectivity index is 1.25. The molecule has 2 aromatic rings. The molecule has 3 fully saturated rings. The SMILES string of the molecule is C[C@H](NC(=O)CSc1nnc(-c2ccc(F)cc2)n1C[C@H]1CCCO1)[C@H]1C[C@H]2CC[C@H]1C2. The molecule has 5 rings (SSSR count). The summed E-state index contributed by atoms with van der Waals surface area (Å²) >= 11 is 1.40. The molecule has 1 aliphatic heterocycles. The number of nitrogens with one attached hydrogen (secondary N) is 1. The molecule has 6 nitrogen and oxygen atoms in total. The van der Waals surface area contributed by atoms with Crippen molar-refractivity contribution in [2.24, 2.45) is 17.8 Å². The standard InChI is InChI=1S/C24H31FN4O2S/c1-15(21-12-16-4-5-18(21)11-16)26-22(30)14-32-24-28-27-23(17-6-8-19(25)9-7-17)29(24)13-20-3-2-10-31-20/h6-9,15-16,18,20-21H,2-5,10-14H2,1H3,(H,26,30)/t15-,16-,18-,20+,21+/m0/s1. The number of hydrogen-bond acceptors (Lipinski definition) is 5. The summed E-state index contributed by atoms with van der Waals surface area (Å²) in [5.41, 5.74) is 0.804. The Morgan fingerprint density at radius 3 is 2.78 bits per heavy atom. The number of benzene rings is 1. The summed E-state index contributed by atoms with van der Waals surface area (Å²) in [7, 11) is 0. The number of ether oxygens (including phenoxy) is 1. The van der Waals surface area contributed by atoms with E-state index in [4.69, 9.17) is 4.74 Å². The first-order chi connectivity index (χ1) is 15.6. The van der Waals surface area contributed by atoms with E-state index in [-0.39, 0.29) is 23.9 Å². The second-order valence-corrected chi connectivity index (χ2v) is 10.5. The Morgan fingerprint density at radius 2 is 2.09 bits per heavy atom. The van der Waals surface area contributed by atoms with Crippen LogP contribution in [0.1, 0.15) is 45.4 Å². The molecule has 2 bridgehead atoms. The highest BCUT2D eigenvalue weighted by molar-refractivity contribution is 7.99. The largest absolute Gasteiger partial charge is 0.376 e. The van der Waals surface area contributed by atoms with Crippen molar-refractivity contribution >= 4 is 17.7 Å². The lowest BCUT2D eigenvalue weighted by Gasteiger charge is -2.28. The molecular weight excluding hydrogens is 427 g/mol. The summed E-state index contributed by atoms with van der Waals surface area (Å²) in [5.74, 6) is 3.03. The van der Waals surface area contributed by atoms with Crippen LogP contribution < -0.4 is 5.32 Å². The predicted octanol–water partition coefficient (Wildman–Crippen LogP) is 4.30. The third kappa shape index (κ3) is 4.71. The number of fused-ring (bicyclic) bond motifs is 2. The van der Waals surface area contributed by atoms with E-state index >= 15 is 0 Å². The highest BCUT2D eigenvalue weighted by atomic mass is 32.2. The molecule has 0 spiro atoms. The van der Waals surface area contributed by atoms with Gasteiger partial charge >= 0.3 is 0 Å². The van der Waals surface area contributed by atoms with E-state index < -0.39 is 0 Å². The molecule has 1 aromatic heterocycles. The van der Waals surface area contributed by atoms with Crippen molar-refractivity contribution < 1.29 is 13.9 Å². The normalized spacial score (nSPS) is 27.7. The van der Waals surface area contributed by atoms with Crippen LogP contribution in [0.25, 0.3) is 11.4 Å². The first-order valence-electron chi connectivity index (χ1n) is 11.8. The molecule has 3 aliphatic rings. The maximum absolute atomic E-state index is 13.4. The monoisotopic (exact) mass is 458 g/mol. The molecule has 0 radical (unpaired) electrons. The van der Waals surface area contributed by atoms with Crippen LogP contribution in [-0.2, 0) is 16.1 Å². The van der Waals surface area contributed by atoms with Gasteiger partial charge in [-0.1, -0.05) is 18.2 Å². The molecule has 5 atom stereocenters. The molecule has 1 amide bonds. The number of hydrogen-bond donors (Lipinski definition) is 1. The van der Waals surface area contributed by atoms with Gasteiger partial charge in [-0.3, -0.25) is 9.36 Å². The molecule has 2 saturated carbocycles. The zero-order chi connectivity index (χ0) is 22.1. The fourth-order valence-electron chi connectivity index (χ4n) is 5.80. The average molecular weight is 459 g/mol. The maximum Gasteiger partial charge on any atom is 0.230 e. The Bertz CT molecular complexity index is 944. The number of nitrogens with zero attached hydrogens (tertiary/aromatic N) is 3. The summed E-state index contributed by atoms with van der Waals surface area (Å²) in [6.07, 6.45) is 7.44. The van der Waals surface area contributed by atoms with Crippen molar-refractivity contribution in [1.82, 2.24) is 20.1 Å². The average Bonchev–Trinajstić information content (AvgIpc) is 3.59. The van der Waals surface area contributed by atoms with E-state index in [1.807, 2.05) is 4.57 Å². The Labute approximate surface area is 192 Å². The van der Waals surface area contributed by atoms with E-state index in [0.29, 0.717) is 29.2 Å². The molecule has 8 heteroatoms. The quantitative estimate of drug-likeness (QED) is 0.598. The van der Waals surface area contributed by atoms with Gasteiger partial charge in [-0.2, -0.15) is 0 Å². The lowest BCUT2D eigenvalue weighted by Crippen LogP contribution is -2.41. The summed E-state index contributed by atoms with van der Waals surface area (Å²) in [6.45, 7) is 3.55. The molecular formula is C24H31FN4O2S. The maximum atomic E-state index is 13.4. The minimum atomic E-state index is -0.283. The van der Waals surface area contributed by atoms with Gasteiger partial charge in [0.1, 0.15) is 5.82 Å². The molecule has 172 valence electrons. The third-order valence-electron chi connectivity index (χ3n) is 7.39. The van der Waals surface area contributed by atoms with E-state index in [1.54, 1.807) is 12.1 Å². The summed E-state index contributed by atoms with van der Waals surface area (Å²) in [6, 6.07) is 6.50. The molecule has 32 heavy (non-hydrogen) atoms. The summed E-state index contributed by atoms with van der Waals surface area (Å²) < 4.78 is 21.2. The fraction of sp³-hybridized carbons (Fsp3) is 0.625. The van der Waals surface area contributed by atoms with E-state index in [1.165, 1.54) is 49.6 Å². The number of aromatic nitrogens is 3. The van der Waals surface area contributed by atoms with Crippen molar-refractivity contribution in [3.05, 3.63) is 30.1 Å². The van der Waals surface area contributed by atoms with Crippen LogP contribution >= 0.6 is 11.8 Å². The number of rotatable bonds is 8. The van der Waals surface area contributed by atoms with Gasteiger partial charge in [-0.25, -0.2) is 4.39 Å². The van der Waals surface area contributed by atoms with Crippen LogP contribution in [0, 0.1) is 23.6 Å². The summed E-state index contributed by atoms with van der Waals surface area (Å²) in [5, 5.41) is 12.7. The Hall–Kier alpha value is -1.93. The van der Waals surface area contributed by atoms with E-state index in [9.17, 15) is 9.18 Å². The van der Waals surface area contributed by atoms with Crippen LogP contribution in [0.5, 0.6) is 0 Å². The van der Waals surface area contributed by atoms with Crippen molar-refractivity contribution in [3.63, 3.8) is 0 Å². The zero-order valence-electron chi connectivity index (χ0n) is 18.5. The topological polar surface area (TPSA) is 69.0 Å². The lowest BCUT2D eigenvalue weighted by atomic mass is 9.84. The number of carbonyl (C=O) groups is 1. The first kappa shape index (κ1) is 21.9. The van der Waals surface area contributed by atoms with Gasteiger partial charge in [0.05, 0.1) is 18.4 Å². The molecule has 1 N–H and O–H groups in total. The van der Waals surface area contributed by atoms with Crippen LogP contribution in [0.15, 0.2) is 29.4 Å². The molecule has 2 aliphatic carbocycles. The second-order valence-electron chi connectivity index (χ2n) is 9.54. The summed E-state index contributed by atoms with van der Waals surface area (Å²) in [4.78, 5) is 12.7. The van der Waals surface area contributed by atoms with Crippen molar-refractivity contribution in [2.75, 3.05) is 12.4 Å². The number of carbonyl (C=O) groups excluding carboxylic acids is 1. The van der Waals surface area contributed by atoms with Gasteiger partial charge in [0.2, 0.25) is 5.91 Å². The van der Waals surface area contributed by atoms with Gasteiger partial charge in [-0.05, 0) is 81.0 Å². The van der Waals surface area contributed by atoms with Crippen molar-refractivity contribution in [3.8, 4) is 11.4 Å². The van der Waals surface area contributed by atoms with E-state index in [0.717, 1.165) is 36.8 Å². The van der Waals surface area contributed by atoms with Crippen LogP contribution in [0.4, 0.5) is 4.39 Å². The Morgan fingerprint density at radius 1 is 1.25 bits per heavy atom. The smallest absolute Gasteiger partial charge is 0.230 e. The third-order valence-corrected chi connectivity index (χ3v) is 8.35. The van der Waals surface area contributed by atoms with Gasteiger partial charge in [0.15, 0.2) is 11.0 Å². The predicted molar refractivity (Wildman–Crippen MR) is 122 cm³/mol. The van der Waals surface area contributed by atoms with Crippen LogP contribution in [-0.4, -0.2) is 45.2 Å². The molecule has 1 saturated heterocycles. The van der Waals surface area contributed by atoms with Crippen LogP contribution in [0.3, 0.4) is 0 Å². The number of amides is 1. The number of halogens is 1. The minimum absolute atomic E-state index is 0.0419. The number of thioether (sulfide) groups is 1. The van der Waals surface area contributed by atoms with Crippen molar-refractivity contribution in [1.29, 1.82) is 0 Å². The second kappa shape index (κ2) is 9.51. The highest BCUT2D eigenvalue weighted by Gasteiger charge is 2.42. The molecule has 0 unspecified atom stereocenters. The molecule has 1 aromatic carbocycles. The Kier molecular flexibility index (Phi) is 6.51. The minimum Gasteiger partial charge on any atom is -0.376 e. The van der Waals surface area contributed by atoms with Gasteiger partial charge < -0.3 is 10.1 Å². The van der Waals surface area contributed by atoms with Gasteiger partial charge in [0.25, 0.3) is 0 Å². The van der Waals surface area contributed by atoms with E-state index in [2.05, 4.69) is 22.4 Å². The first-order valence-corrected chi connectivity index (χ1v) is 12.8. The highest BCUT2D eigenvalue weighted by Crippen LogP contribution is 2.49. The van der Waals surface area contributed by atoms with Gasteiger partial charge in [0, 0.05) is 18.2 Å². The molecule has 2 heterocycles. The fourth-order valence-corrected chi connectivity index (χ4v) is 6.56. The lowest BCUT2D eigenvalue weighted by molar-refractivity contribution is -0.119. The van der Waals surface area contributed by atoms with Gasteiger partial charge in [-0.15, -0.1) is 10.2 Å².